The van der Waals surface area contributed by atoms with Gasteiger partial charge in [-0.1, -0.05) is 24.3 Å². The summed E-state index contributed by atoms with van der Waals surface area (Å²) in [7, 11) is 1.82. The quantitative estimate of drug-likeness (QED) is 0.567. The number of benzene rings is 1. The molecule has 0 saturated carbocycles. The highest BCUT2D eigenvalue weighted by Gasteiger charge is 2.12. The topological polar surface area (TPSA) is 52.1 Å². The summed E-state index contributed by atoms with van der Waals surface area (Å²) in [5, 5.41) is 6.80. The van der Waals surface area contributed by atoms with E-state index in [2.05, 4.69) is 49.7 Å². The van der Waals surface area contributed by atoms with E-state index in [4.69, 9.17) is 4.74 Å². The summed E-state index contributed by atoms with van der Waals surface area (Å²) >= 11 is 0. The molecule has 2 aliphatic heterocycles. The molecular formula is C20H33N5O. The monoisotopic (exact) mass is 359 g/mol. The number of ether oxygens (including phenoxy) is 1. The summed E-state index contributed by atoms with van der Waals surface area (Å²) in [5.41, 5.74) is 2.69. The summed E-state index contributed by atoms with van der Waals surface area (Å²) in [4.78, 5) is 9.27. The van der Waals surface area contributed by atoms with E-state index in [1.54, 1.807) is 0 Å². The smallest absolute Gasteiger partial charge is 0.191 e. The average molecular weight is 360 g/mol. The van der Waals surface area contributed by atoms with Crippen molar-refractivity contribution < 1.29 is 4.74 Å². The maximum atomic E-state index is 5.38. The molecule has 6 nitrogen and oxygen atoms in total. The number of nitrogens with zero attached hydrogens (tertiary/aromatic N) is 3. The van der Waals surface area contributed by atoms with Crippen molar-refractivity contribution in [3.05, 3.63) is 35.4 Å². The van der Waals surface area contributed by atoms with Gasteiger partial charge in [0.05, 0.1) is 13.2 Å². The Morgan fingerprint density at radius 1 is 0.962 bits per heavy atom. The fraction of sp³-hybridized carbons (Fsp3) is 0.650. The van der Waals surface area contributed by atoms with Crippen molar-refractivity contribution in [1.29, 1.82) is 0 Å². The van der Waals surface area contributed by atoms with Gasteiger partial charge < -0.3 is 15.4 Å². The third-order valence-corrected chi connectivity index (χ3v) is 5.14. The first-order valence-electron chi connectivity index (χ1n) is 9.88. The fourth-order valence-corrected chi connectivity index (χ4v) is 3.53. The maximum Gasteiger partial charge on any atom is 0.191 e. The van der Waals surface area contributed by atoms with Crippen molar-refractivity contribution in [2.24, 2.45) is 4.99 Å². The molecule has 2 saturated heterocycles. The fourth-order valence-electron chi connectivity index (χ4n) is 3.53. The van der Waals surface area contributed by atoms with Crippen LogP contribution >= 0.6 is 0 Å². The van der Waals surface area contributed by atoms with E-state index in [-0.39, 0.29) is 0 Å². The Hall–Kier alpha value is -1.63. The molecule has 3 rings (SSSR count). The Morgan fingerprint density at radius 3 is 2.35 bits per heavy atom. The molecule has 0 bridgehead atoms. The zero-order valence-electron chi connectivity index (χ0n) is 16.0. The molecule has 144 valence electrons. The van der Waals surface area contributed by atoms with Crippen molar-refractivity contribution in [1.82, 2.24) is 20.4 Å². The largest absolute Gasteiger partial charge is 0.379 e. The third-order valence-electron chi connectivity index (χ3n) is 5.14. The molecule has 1 aromatic carbocycles. The van der Waals surface area contributed by atoms with Crippen molar-refractivity contribution in [2.45, 2.75) is 25.9 Å². The maximum absolute atomic E-state index is 5.38. The van der Waals surface area contributed by atoms with Crippen LogP contribution < -0.4 is 10.6 Å². The number of nitrogens with one attached hydrogen (secondary N) is 2. The van der Waals surface area contributed by atoms with Crippen molar-refractivity contribution in [2.75, 3.05) is 59.5 Å². The number of hydrogen-bond donors (Lipinski definition) is 2. The van der Waals surface area contributed by atoms with Crippen LogP contribution in [0, 0.1) is 0 Å². The van der Waals surface area contributed by atoms with Gasteiger partial charge in [-0.15, -0.1) is 0 Å². The predicted octanol–water partition coefficient (Wildman–Crippen LogP) is 1.28. The molecule has 0 amide bonds. The summed E-state index contributed by atoms with van der Waals surface area (Å²) in [6, 6.07) is 8.95. The molecule has 0 aliphatic carbocycles. The van der Waals surface area contributed by atoms with Crippen LogP contribution in [-0.4, -0.2) is 75.3 Å². The minimum atomic E-state index is 0.793. The van der Waals surface area contributed by atoms with E-state index < -0.39 is 0 Å². The lowest BCUT2D eigenvalue weighted by molar-refractivity contribution is 0.0389. The highest BCUT2D eigenvalue weighted by Crippen LogP contribution is 2.13. The van der Waals surface area contributed by atoms with Crippen molar-refractivity contribution in [3.63, 3.8) is 0 Å². The Labute approximate surface area is 157 Å². The van der Waals surface area contributed by atoms with Gasteiger partial charge in [-0.05, 0) is 37.1 Å². The molecule has 26 heavy (non-hydrogen) atoms. The summed E-state index contributed by atoms with van der Waals surface area (Å²) in [6.07, 6.45) is 2.69. The molecule has 2 heterocycles. The van der Waals surface area contributed by atoms with Gasteiger partial charge in [0.25, 0.3) is 0 Å². The Balaban J connectivity index is 1.36. The molecule has 6 heteroatoms. The van der Waals surface area contributed by atoms with Crippen LogP contribution in [0.4, 0.5) is 0 Å². The van der Waals surface area contributed by atoms with Crippen LogP contribution in [0.3, 0.4) is 0 Å². The van der Waals surface area contributed by atoms with Crippen molar-refractivity contribution in [3.8, 4) is 0 Å². The first-order chi connectivity index (χ1) is 12.8. The first-order valence-corrected chi connectivity index (χ1v) is 9.88. The zero-order chi connectivity index (χ0) is 18.0. The Morgan fingerprint density at radius 2 is 1.65 bits per heavy atom. The molecule has 0 aromatic heterocycles. The molecule has 2 aliphatic rings. The van der Waals surface area contributed by atoms with Crippen LogP contribution in [0.5, 0.6) is 0 Å². The molecule has 2 N–H and O–H groups in total. The van der Waals surface area contributed by atoms with E-state index in [0.717, 1.165) is 58.4 Å². The molecule has 0 spiro atoms. The van der Waals surface area contributed by atoms with E-state index in [1.807, 2.05) is 7.05 Å². The van der Waals surface area contributed by atoms with Crippen LogP contribution in [0.25, 0.3) is 0 Å². The lowest BCUT2D eigenvalue weighted by Gasteiger charge is -2.26. The van der Waals surface area contributed by atoms with Gasteiger partial charge in [0.15, 0.2) is 5.96 Å². The summed E-state index contributed by atoms with van der Waals surface area (Å²) in [5.74, 6) is 0.861. The number of hydrogen-bond acceptors (Lipinski definition) is 4. The van der Waals surface area contributed by atoms with Gasteiger partial charge >= 0.3 is 0 Å². The minimum Gasteiger partial charge on any atom is -0.379 e. The van der Waals surface area contributed by atoms with E-state index in [1.165, 1.54) is 37.1 Å². The highest BCUT2D eigenvalue weighted by molar-refractivity contribution is 5.79. The Bertz CT molecular complexity index is 548. The van der Waals surface area contributed by atoms with Crippen LogP contribution in [-0.2, 0) is 17.8 Å². The van der Waals surface area contributed by atoms with Gasteiger partial charge in [0.2, 0.25) is 0 Å². The van der Waals surface area contributed by atoms with Gasteiger partial charge in [0, 0.05) is 46.3 Å². The minimum absolute atomic E-state index is 0.793. The zero-order valence-corrected chi connectivity index (χ0v) is 16.0. The van der Waals surface area contributed by atoms with E-state index in [0.29, 0.717) is 0 Å². The van der Waals surface area contributed by atoms with Crippen LogP contribution in [0.1, 0.15) is 24.0 Å². The second-order valence-electron chi connectivity index (χ2n) is 7.11. The normalized spacial score (nSPS) is 19.7. The molecular weight excluding hydrogens is 326 g/mol. The van der Waals surface area contributed by atoms with E-state index in [9.17, 15) is 0 Å². The summed E-state index contributed by atoms with van der Waals surface area (Å²) < 4.78 is 5.38. The first kappa shape index (κ1) is 19.1. The highest BCUT2D eigenvalue weighted by atomic mass is 16.5. The second kappa shape index (κ2) is 10.5. The summed E-state index contributed by atoms with van der Waals surface area (Å²) in [6.45, 7) is 10.0. The second-order valence-corrected chi connectivity index (χ2v) is 7.11. The standard InChI is InChI=1S/C20H33N5O/c1-21-20(22-8-11-24-12-14-26-15-13-24)23-16-18-4-6-19(7-5-18)17-25-9-2-3-10-25/h4-7H,2-3,8-17H2,1H3,(H2,21,22,23). The third kappa shape index (κ3) is 6.27. The predicted molar refractivity (Wildman–Crippen MR) is 106 cm³/mol. The van der Waals surface area contributed by atoms with E-state index >= 15 is 0 Å². The van der Waals surface area contributed by atoms with Crippen LogP contribution in [0.15, 0.2) is 29.3 Å². The SMILES string of the molecule is CN=C(NCCN1CCOCC1)NCc1ccc(CN2CCCC2)cc1. The number of morpholine rings is 1. The number of rotatable bonds is 7. The molecule has 1 aromatic rings. The number of guanidine groups is 1. The van der Waals surface area contributed by atoms with Crippen molar-refractivity contribution >= 4 is 5.96 Å². The van der Waals surface area contributed by atoms with Gasteiger partial charge in [-0.25, -0.2) is 0 Å². The Kier molecular flexibility index (Phi) is 7.73. The average Bonchev–Trinajstić information content (AvgIpc) is 3.19. The van der Waals surface area contributed by atoms with Crippen LogP contribution in [0.2, 0.25) is 0 Å². The van der Waals surface area contributed by atoms with Gasteiger partial charge in [-0.2, -0.15) is 0 Å². The molecule has 2 fully saturated rings. The number of aliphatic imine (C=N–C) groups is 1. The number of likely N-dealkylation sites (tertiary alicyclic amines) is 1. The molecule has 0 atom stereocenters. The lowest BCUT2D eigenvalue weighted by Crippen LogP contribution is -2.44. The molecule has 0 unspecified atom stereocenters. The lowest BCUT2D eigenvalue weighted by atomic mass is 10.1. The van der Waals surface area contributed by atoms with Gasteiger partial charge in [0.1, 0.15) is 0 Å². The van der Waals surface area contributed by atoms with Gasteiger partial charge in [-0.3, -0.25) is 14.8 Å². The molecule has 0 radical (unpaired) electrons.